The number of nitrogens with one attached hydrogen (secondary N) is 1. The van der Waals surface area contributed by atoms with Crippen LogP contribution in [-0.4, -0.2) is 56.6 Å². The van der Waals surface area contributed by atoms with E-state index in [1.54, 1.807) is 15.9 Å². The molecule has 26 heavy (non-hydrogen) atoms. The summed E-state index contributed by atoms with van der Waals surface area (Å²) in [4.78, 5) is 26.6. The van der Waals surface area contributed by atoms with Gasteiger partial charge in [-0.3, -0.25) is 4.79 Å². The van der Waals surface area contributed by atoms with Crippen LogP contribution in [0.25, 0.3) is 15.9 Å². The number of thiophene rings is 1. The van der Waals surface area contributed by atoms with Crippen LogP contribution in [-0.2, 0) is 12.8 Å². The average Bonchev–Trinajstić information content (AvgIpc) is 3.23. The molecule has 1 amide bonds. The van der Waals surface area contributed by atoms with Gasteiger partial charge < -0.3 is 10.2 Å². The number of piperazine rings is 1. The van der Waals surface area contributed by atoms with Gasteiger partial charge in [0.25, 0.3) is 5.91 Å². The second-order valence-electron chi connectivity index (χ2n) is 7.40. The van der Waals surface area contributed by atoms with E-state index < -0.39 is 0 Å². The molecule has 7 nitrogen and oxygen atoms in total. The van der Waals surface area contributed by atoms with E-state index in [-0.39, 0.29) is 11.7 Å². The highest BCUT2D eigenvalue weighted by atomic mass is 32.1. The SMILES string of the molecule is Cc1nc2sc3c(c2c2nc(C(=O)N4CCNCC4)nn12)CC(C)CC3. The first-order valence-electron chi connectivity index (χ1n) is 9.29. The lowest BCUT2D eigenvalue weighted by Gasteiger charge is -2.26. The van der Waals surface area contributed by atoms with Gasteiger partial charge in [-0.2, -0.15) is 4.52 Å². The Morgan fingerprint density at radius 1 is 1.27 bits per heavy atom. The van der Waals surface area contributed by atoms with Crippen LogP contribution in [0.4, 0.5) is 0 Å². The van der Waals surface area contributed by atoms with E-state index in [1.807, 2.05) is 11.8 Å². The molecule has 3 aromatic rings. The first kappa shape index (κ1) is 16.1. The Morgan fingerprint density at radius 2 is 2.08 bits per heavy atom. The number of hydrogen-bond acceptors (Lipinski definition) is 6. The van der Waals surface area contributed by atoms with E-state index in [0.29, 0.717) is 19.0 Å². The minimum atomic E-state index is -0.0831. The summed E-state index contributed by atoms with van der Waals surface area (Å²) in [5.41, 5.74) is 2.16. The van der Waals surface area contributed by atoms with Gasteiger partial charge in [0.2, 0.25) is 5.82 Å². The van der Waals surface area contributed by atoms with Crippen LogP contribution in [0.3, 0.4) is 0 Å². The van der Waals surface area contributed by atoms with E-state index in [4.69, 9.17) is 4.98 Å². The van der Waals surface area contributed by atoms with Gasteiger partial charge in [-0.05, 0) is 37.7 Å². The maximum Gasteiger partial charge on any atom is 0.293 e. The lowest BCUT2D eigenvalue weighted by Crippen LogP contribution is -2.46. The number of hydrogen-bond donors (Lipinski definition) is 1. The van der Waals surface area contributed by atoms with Crippen molar-refractivity contribution in [2.45, 2.75) is 33.1 Å². The molecule has 1 fully saturated rings. The lowest BCUT2D eigenvalue weighted by molar-refractivity contribution is 0.0723. The minimum Gasteiger partial charge on any atom is -0.333 e. The van der Waals surface area contributed by atoms with Crippen LogP contribution in [0, 0.1) is 12.8 Å². The van der Waals surface area contributed by atoms with Crippen molar-refractivity contribution in [1.29, 1.82) is 0 Å². The molecule has 1 aliphatic heterocycles. The van der Waals surface area contributed by atoms with Gasteiger partial charge >= 0.3 is 0 Å². The van der Waals surface area contributed by atoms with Crippen molar-refractivity contribution in [3.8, 4) is 0 Å². The Labute approximate surface area is 155 Å². The summed E-state index contributed by atoms with van der Waals surface area (Å²) in [5.74, 6) is 1.66. The smallest absolute Gasteiger partial charge is 0.293 e. The molecule has 0 aromatic carbocycles. The Kier molecular flexibility index (Phi) is 3.72. The molecule has 1 aliphatic carbocycles. The molecular formula is C18H22N6OS. The Hall–Kier alpha value is -2.06. The molecule has 136 valence electrons. The van der Waals surface area contributed by atoms with E-state index in [9.17, 15) is 4.79 Å². The highest BCUT2D eigenvalue weighted by Crippen LogP contribution is 2.39. The standard InChI is InChI=1S/C18H22N6OS/c1-10-3-4-13-12(9-10)14-16-21-15(18(25)23-7-5-19-6-8-23)22-24(16)11(2)20-17(14)26-13/h10,19H,3-9H2,1-2H3. The van der Waals surface area contributed by atoms with E-state index in [2.05, 4.69) is 22.3 Å². The molecule has 4 heterocycles. The fourth-order valence-corrected chi connectivity index (χ4v) is 5.30. The van der Waals surface area contributed by atoms with E-state index >= 15 is 0 Å². The molecule has 0 spiro atoms. The normalized spacial score (nSPS) is 20.7. The number of nitrogens with zero attached hydrogens (tertiary/aromatic N) is 5. The van der Waals surface area contributed by atoms with Crippen LogP contribution < -0.4 is 5.32 Å². The van der Waals surface area contributed by atoms with E-state index in [1.165, 1.54) is 16.9 Å². The second kappa shape index (κ2) is 5.99. The summed E-state index contributed by atoms with van der Waals surface area (Å²) >= 11 is 1.78. The Morgan fingerprint density at radius 3 is 2.88 bits per heavy atom. The van der Waals surface area contributed by atoms with Crippen molar-refractivity contribution < 1.29 is 4.79 Å². The van der Waals surface area contributed by atoms with Crippen molar-refractivity contribution in [3.63, 3.8) is 0 Å². The first-order chi connectivity index (χ1) is 12.6. The zero-order valence-corrected chi connectivity index (χ0v) is 15.9. The van der Waals surface area contributed by atoms with Crippen LogP contribution in [0.2, 0.25) is 0 Å². The number of carbonyl (C=O) groups excluding carboxylic acids is 1. The third-order valence-corrected chi connectivity index (χ3v) is 6.67. The van der Waals surface area contributed by atoms with Gasteiger partial charge in [0.05, 0.1) is 5.39 Å². The van der Waals surface area contributed by atoms with Crippen molar-refractivity contribution in [2.75, 3.05) is 26.2 Å². The fraction of sp³-hybridized carbons (Fsp3) is 0.556. The minimum absolute atomic E-state index is 0.0831. The largest absolute Gasteiger partial charge is 0.333 e. The summed E-state index contributed by atoms with van der Waals surface area (Å²) < 4.78 is 1.75. The van der Waals surface area contributed by atoms with Gasteiger partial charge in [0, 0.05) is 31.1 Å². The number of aryl methyl sites for hydroxylation is 2. The number of carbonyl (C=O) groups is 1. The second-order valence-corrected chi connectivity index (χ2v) is 8.49. The van der Waals surface area contributed by atoms with Gasteiger partial charge in [0.1, 0.15) is 10.7 Å². The highest BCUT2D eigenvalue weighted by Gasteiger charge is 2.27. The van der Waals surface area contributed by atoms with Crippen LogP contribution >= 0.6 is 11.3 Å². The summed E-state index contributed by atoms with van der Waals surface area (Å²) in [5, 5.41) is 8.89. The zero-order valence-electron chi connectivity index (χ0n) is 15.1. The maximum absolute atomic E-state index is 12.8. The summed E-state index contributed by atoms with van der Waals surface area (Å²) in [7, 11) is 0. The maximum atomic E-state index is 12.8. The lowest BCUT2D eigenvalue weighted by atomic mass is 9.89. The molecule has 1 N–H and O–H groups in total. The van der Waals surface area contributed by atoms with Gasteiger partial charge in [0.15, 0.2) is 5.65 Å². The summed E-state index contributed by atoms with van der Waals surface area (Å²) in [6.07, 6.45) is 3.40. The van der Waals surface area contributed by atoms with Crippen LogP contribution in [0.15, 0.2) is 0 Å². The molecule has 0 radical (unpaired) electrons. The van der Waals surface area contributed by atoms with Gasteiger partial charge in [-0.25, -0.2) is 9.97 Å². The number of fused-ring (bicyclic) bond motifs is 5. The van der Waals surface area contributed by atoms with Crippen molar-refractivity contribution in [2.24, 2.45) is 5.92 Å². The molecule has 5 rings (SSSR count). The number of amides is 1. The first-order valence-corrected chi connectivity index (χ1v) is 10.1. The quantitative estimate of drug-likeness (QED) is 0.707. The molecule has 3 aromatic heterocycles. The summed E-state index contributed by atoms with van der Waals surface area (Å²) in [6.45, 7) is 7.27. The number of aromatic nitrogens is 4. The van der Waals surface area contributed by atoms with Crippen LogP contribution in [0.5, 0.6) is 0 Å². The Balaban J connectivity index is 1.67. The zero-order chi connectivity index (χ0) is 17.8. The molecular weight excluding hydrogens is 348 g/mol. The van der Waals surface area contributed by atoms with E-state index in [0.717, 1.165) is 47.6 Å². The Bertz CT molecular complexity index is 1020. The van der Waals surface area contributed by atoms with Crippen molar-refractivity contribution in [1.82, 2.24) is 29.8 Å². The monoisotopic (exact) mass is 370 g/mol. The van der Waals surface area contributed by atoms with Crippen LogP contribution in [0.1, 0.15) is 40.2 Å². The fourth-order valence-electron chi connectivity index (χ4n) is 4.05. The average molecular weight is 370 g/mol. The molecule has 8 heteroatoms. The topological polar surface area (TPSA) is 75.4 Å². The van der Waals surface area contributed by atoms with Gasteiger partial charge in [-0.1, -0.05) is 6.92 Å². The molecule has 1 atom stereocenters. The molecule has 0 bridgehead atoms. The predicted molar refractivity (Wildman–Crippen MR) is 101 cm³/mol. The van der Waals surface area contributed by atoms with Gasteiger partial charge in [-0.15, -0.1) is 16.4 Å². The summed E-state index contributed by atoms with van der Waals surface area (Å²) in [6, 6.07) is 0. The molecule has 1 saturated heterocycles. The molecule has 1 unspecified atom stereocenters. The third-order valence-electron chi connectivity index (χ3n) is 5.49. The predicted octanol–water partition coefficient (Wildman–Crippen LogP) is 1.82. The molecule has 0 saturated carbocycles. The molecule has 2 aliphatic rings. The third kappa shape index (κ3) is 2.43. The van der Waals surface area contributed by atoms with Crippen molar-refractivity contribution in [3.05, 3.63) is 22.1 Å². The number of rotatable bonds is 1. The highest BCUT2D eigenvalue weighted by molar-refractivity contribution is 7.19. The van der Waals surface area contributed by atoms with Crippen molar-refractivity contribution >= 4 is 33.1 Å².